The molecule has 1 aromatic heterocycles. The maximum absolute atomic E-state index is 12.2. The second-order valence-corrected chi connectivity index (χ2v) is 7.49. The molecule has 0 aliphatic rings. The van der Waals surface area contributed by atoms with Crippen molar-refractivity contribution in [3.05, 3.63) is 16.5 Å². The van der Waals surface area contributed by atoms with E-state index < -0.39 is 10.0 Å². The predicted octanol–water partition coefficient (Wildman–Crippen LogP) is 3.21. The van der Waals surface area contributed by atoms with Crippen LogP contribution in [-0.2, 0) is 10.0 Å². The number of rotatable bonds is 5. The fourth-order valence-corrected chi connectivity index (χ4v) is 4.75. The van der Waals surface area contributed by atoms with Crippen molar-refractivity contribution in [1.29, 1.82) is 0 Å². The maximum Gasteiger partial charge on any atom is 0.252 e. The third kappa shape index (κ3) is 2.77. The minimum atomic E-state index is -3.37. The van der Waals surface area contributed by atoms with Gasteiger partial charge in [0, 0.05) is 13.1 Å². The van der Waals surface area contributed by atoms with Gasteiger partial charge in [-0.25, -0.2) is 8.42 Å². The fraction of sp³-hybridized carbons (Fsp3) is 0.600. The average molecular weight is 282 g/mol. The molecule has 1 aromatic rings. The Hall–Kier alpha value is -0.100. The van der Waals surface area contributed by atoms with Crippen LogP contribution in [0.15, 0.2) is 16.3 Å². The molecule has 0 radical (unpaired) electrons. The minimum absolute atomic E-state index is 0.0471. The van der Waals surface area contributed by atoms with E-state index in [1.807, 2.05) is 13.8 Å². The van der Waals surface area contributed by atoms with Crippen molar-refractivity contribution in [1.82, 2.24) is 4.31 Å². The van der Waals surface area contributed by atoms with Gasteiger partial charge in [-0.15, -0.1) is 11.3 Å². The van der Waals surface area contributed by atoms with Gasteiger partial charge in [0.15, 0.2) is 0 Å². The van der Waals surface area contributed by atoms with Gasteiger partial charge in [0.2, 0.25) is 0 Å². The molecule has 92 valence electrons. The highest BCUT2D eigenvalue weighted by Crippen LogP contribution is 2.29. The quantitative estimate of drug-likeness (QED) is 0.831. The summed E-state index contributed by atoms with van der Waals surface area (Å²) in [6, 6.07) is 3.21. The number of sulfonamides is 1. The van der Waals surface area contributed by atoms with Crippen LogP contribution in [0.4, 0.5) is 0 Å². The van der Waals surface area contributed by atoms with Crippen molar-refractivity contribution in [2.75, 3.05) is 7.05 Å². The second-order valence-electron chi connectivity index (χ2n) is 3.55. The first kappa shape index (κ1) is 14.0. The first-order chi connectivity index (χ1) is 7.43. The van der Waals surface area contributed by atoms with Crippen LogP contribution in [0.25, 0.3) is 0 Å². The lowest BCUT2D eigenvalue weighted by Crippen LogP contribution is -2.35. The summed E-state index contributed by atoms with van der Waals surface area (Å²) in [5.41, 5.74) is 0. The zero-order chi connectivity index (χ0) is 12.3. The van der Waals surface area contributed by atoms with Gasteiger partial charge in [0.05, 0.1) is 4.34 Å². The van der Waals surface area contributed by atoms with E-state index in [2.05, 4.69) is 0 Å². The summed E-state index contributed by atoms with van der Waals surface area (Å²) < 4.78 is 26.6. The smallest absolute Gasteiger partial charge is 0.206 e. The summed E-state index contributed by atoms with van der Waals surface area (Å²) >= 11 is 6.85. The monoisotopic (exact) mass is 281 g/mol. The van der Waals surface area contributed by atoms with Gasteiger partial charge in [0.25, 0.3) is 10.0 Å². The molecule has 0 aliphatic carbocycles. The van der Waals surface area contributed by atoms with Crippen molar-refractivity contribution in [3.8, 4) is 0 Å². The first-order valence-corrected chi connectivity index (χ1v) is 7.80. The maximum atomic E-state index is 12.2. The molecule has 0 atom stereocenters. The van der Waals surface area contributed by atoms with Crippen molar-refractivity contribution in [2.24, 2.45) is 0 Å². The van der Waals surface area contributed by atoms with Crippen molar-refractivity contribution >= 4 is 33.0 Å². The Morgan fingerprint density at radius 3 is 2.31 bits per heavy atom. The van der Waals surface area contributed by atoms with Crippen LogP contribution < -0.4 is 0 Å². The van der Waals surface area contributed by atoms with E-state index in [9.17, 15) is 8.42 Å². The topological polar surface area (TPSA) is 37.4 Å². The molecular formula is C10H16ClNO2S2. The molecule has 0 aromatic carbocycles. The Kier molecular flexibility index (Phi) is 4.79. The number of nitrogens with zero attached hydrogens (tertiary/aromatic N) is 1. The van der Waals surface area contributed by atoms with Crippen LogP contribution >= 0.6 is 22.9 Å². The summed E-state index contributed by atoms with van der Waals surface area (Å²) in [4.78, 5) is 0. The van der Waals surface area contributed by atoms with Crippen LogP contribution in [0.3, 0.4) is 0 Å². The molecule has 16 heavy (non-hydrogen) atoms. The Bertz CT molecular complexity index is 437. The number of hydrogen-bond donors (Lipinski definition) is 0. The van der Waals surface area contributed by atoms with Gasteiger partial charge >= 0.3 is 0 Å². The predicted molar refractivity (Wildman–Crippen MR) is 68.6 cm³/mol. The van der Waals surface area contributed by atoms with Gasteiger partial charge in [-0.2, -0.15) is 4.31 Å². The molecule has 3 nitrogen and oxygen atoms in total. The molecule has 0 amide bonds. The van der Waals surface area contributed by atoms with Gasteiger partial charge in [-0.3, -0.25) is 0 Å². The molecule has 0 aliphatic heterocycles. The zero-order valence-corrected chi connectivity index (χ0v) is 12.0. The van der Waals surface area contributed by atoms with E-state index >= 15 is 0 Å². The van der Waals surface area contributed by atoms with E-state index in [0.29, 0.717) is 8.55 Å². The molecule has 1 rings (SSSR count). The van der Waals surface area contributed by atoms with E-state index in [1.165, 1.54) is 4.31 Å². The van der Waals surface area contributed by atoms with Gasteiger partial charge in [-0.05, 0) is 25.0 Å². The molecule has 0 bridgehead atoms. The Labute approximate surface area is 106 Å². The molecule has 0 N–H and O–H groups in total. The van der Waals surface area contributed by atoms with Crippen LogP contribution in [0, 0.1) is 0 Å². The molecule has 0 spiro atoms. The standard InChI is InChI=1S/C10H16ClNO2S2/c1-4-8(5-2)12(3)16(13,14)10-7-6-9(11)15-10/h6-8H,4-5H2,1-3H3. The number of thiophene rings is 1. The lowest BCUT2D eigenvalue weighted by Gasteiger charge is -2.24. The van der Waals surface area contributed by atoms with Gasteiger partial charge in [-0.1, -0.05) is 25.4 Å². The highest BCUT2D eigenvalue weighted by Gasteiger charge is 2.27. The summed E-state index contributed by atoms with van der Waals surface area (Å²) in [6.07, 6.45) is 1.62. The summed E-state index contributed by atoms with van der Waals surface area (Å²) in [5, 5.41) is 0. The highest BCUT2D eigenvalue weighted by atomic mass is 35.5. The third-order valence-electron chi connectivity index (χ3n) is 2.64. The molecule has 0 saturated heterocycles. The largest absolute Gasteiger partial charge is 0.252 e. The molecule has 6 heteroatoms. The average Bonchev–Trinajstić information content (AvgIpc) is 2.67. The minimum Gasteiger partial charge on any atom is -0.206 e. The zero-order valence-electron chi connectivity index (χ0n) is 9.60. The summed E-state index contributed by atoms with van der Waals surface area (Å²) in [6.45, 7) is 3.98. The normalized spacial score (nSPS) is 12.6. The summed E-state index contributed by atoms with van der Waals surface area (Å²) in [7, 11) is -1.75. The molecular weight excluding hydrogens is 266 g/mol. The summed E-state index contributed by atoms with van der Waals surface area (Å²) in [5.74, 6) is 0. The molecule has 1 heterocycles. The van der Waals surface area contributed by atoms with Crippen molar-refractivity contribution in [2.45, 2.75) is 36.9 Å². The van der Waals surface area contributed by atoms with Crippen LogP contribution in [0.1, 0.15) is 26.7 Å². The van der Waals surface area contributed by atoms with E-state index in [4.69, 9.17) is 11.6 Å². The number of halogens is 1. The molecule has 0 saturated carbocycles. The van der Waals surface area contributed by atoms with E-state index in [1.54, 1.807) is 19.2 Å². The van der Waals surface area contributed by atoms with Crippen molar-refractivity contribution in [3.63, 3.8) is 0 Å². The third-order valence-corrected chi connectivity index (χ3v) is 6.25. The van der Waals surface area contributed by atoms with E-state index in [0.717, 1.165) is 24.2 Å². The second kappa shape index (κ2) is 5.49. The Balaban J connectivity index is 3.02. The first-order valence-electron chi connectivity index (χ1n) is 5.16. The fourth-order valence-electron chi connectivity index (χ4n) is 1.58. The lowest BCUT2D eigenvalue weighted by molar-refractivity contribution is 0.350. The van der Waals surface area contributed by atoms with Crippen LogP contribution in [-0.4, -0.2) is 25.8 Å². The highest BCUT2D eigenvalue weighted by molar-refractivity contribution is 7.91. The van der Waals surface area contributed by atoms with Crippen LogP contribution in [0.5, 0.6) is 0 Å². The van der Waals surface area contributed by atoms with Gasteiger partial charge < -0.3 is 0 Å². The Morgan fingerprint density at radius 2 is 1.94 bits per heavy atom. The number of hydrogen-bond acceptors (Lipinski definition) is 3. The van der Waals surface area contributed by atoms with Crippen LogP contribution in [0.2, 0.25) is 4.34 Å². The molecule has 0 unspecified atom stereocenters. The molecule has 0 fully saturated rings. The SMILES string of the molecule is CCC(CC)N(C)S(=O)(=O)c1ccc(Cl)s1. The lowest BCUT2D eigenvalue weighted by atomic mass is 10.2. The van der Waals surface area contributed by atoms with Crippen molar-refractivity contribution < 1.29 is 8.42 Å². The van der Waals surface area contributed by atoms with Gasteiger partial charge in [0.1, 0.15) is 4.21 Å². The Morgan fingerprint density at radius 1 is 1.38 bits per heavy atom. The van der Waals surface area contributed by atoms with E-state index in [-0.39, 0.29) is 6.04 Å².